The van der Waals surface area contributed by atoms with Crippen LogP contribution in [0.4, 0.5) is 0 Å². The highest BCUT2D eigenvalue weighted by Gasteiger charge is 2.38. The van der Waals surface area contributed by atoms with Crippen molar-refractivity contribution in [2.45, 2.75) is 52.4 Å². The summed E-state index contributed by atoms with van der Waals surface area (Å²) in [7, 11) is 0. The van der Waals surface area contributed by atoms with E-state index >= 15 is 0 Å². The molecular formula is C52H42. The number of aryl methyl sites for hydroxylation is 2. The molecule has 8 aromatic carbocycles. The molecule has 2 aliphatic carbocycles. The van der Waals surface area contributed by atoms with E-state index in [0.29, 0.717) is 0 Å². The Morgan fingerprint density at radius 2 is 0.769 bits per heavy atom. The summed E-state index contributed by atoms with van der Waals surface area (Å²) >= 11 is 0. The molecular weight excluding hydrogens is 625 g/mol. The van der Waals surface area contributed by atoms with Gasteiger partial charge in [0.15, 0.2) is 0 Å². The lowest BCUT2D eigenvalue weighted by Crippen LogP contribution is -2.15. The normalized spacial score (nSPS) is 14.7. The van der Waals surface area contributed by atoms with Crippen LogP contribution in [-0.2, 0) is 10.8 Å². The summed E-state index contributed by atoms with van der Waals surface area (Å²) in [6.07, 6.45) is 0. The Morgan fingerprint density at radius 1 is 0.327 bits per heavy atom. The molecule has 0 radical (unpaired) electrons. The van der Waals surface area contributed by atoms with Gasteiger partial charge in [-0.2, -0.15) is 0 Å². The fourth-order valence-electron chi connectivity index (χ4n) is 9.85. The van der Waals surface area contributed by atoms with Crippen LogP contribution in [-0.4, -0.2) is 0 Å². The molecule has 0 aliphatic heterocycles. The largest absolute Gasteiger partial charge is 0.0622 e. The molecule has 0 spiro atoms. The lowest BCUT2D eigenvalue weighted by Gasteiger charge is -2.24. The Morgan fingerprint density at radius 3 is 1.33 bits per heavy atom. The second-order valence-corrected chi connectivity index (χ2v) is 16.2. The van der Waals surface area contributed by atoms with Gasteiger partial charge in [-0.05, 0) is 143 Å². The van der Waals surface area contributed by atoms with Gasteiger partial charge in [-0.15, -0.1) is 0 Å². The highest BCUT2D eigenvalue weighted by molar-refractivity contribution is 6.23. The van der Waals surface area contributed by atoms with E-state index in [1.807, 2.05) is 0 Å². The molecule has 0 nitrogen and oxygen atoms in total. The lowest BCUT2D eigenvalue weighted by molar-refractivity contribution is 0.659. The van der Waals surface area contributed by atoms with Crippen LogP contribution >= 0.6 is 0 Å². The molecule has 10 rings (SSSR count). The molecule has 0 atom stereocenters. The number of hydrogen-bond donors (Lipinski definition) is 0. The molecule has 0 amide bonds. The summed E-state index contributed by atoms with van der Waals surface area (Å²) < 4.78 is 0. The van der Waals surface area contributed by atoms with Crippen LogP contribution in [0.1, 0.15) is 61.1 Å². The van der Waals surface area contributed by atoms with Crippen molar-refractivity contribution < 1.29 is 0 Å². The van der Waals surface area contributed by atoms with E-state index in [1.165, 1.54) is 111 Å². The van der Waals surface area contributed by atoms with Gasteiger partial charge in [0.05, 0.1) is 0 Å². The second kappa shape index (κ2) is 10.9. The number of fused-ring (bicyclic) bond motifs is 8. The molecule has 0 saturated heterocycles. The van der Waals surface area contributed by atoms with E-state index in [1.54, 1.807) is 0 Å². The van der Waals surface area contributed by atoms with Gasteiger partial charge in [-0.1, -0.05) is 155 Å². The van der Waals surface area contributed by atoms with Gasteiger partial charge in [0.1, 0.15) is 0 Å². The van der Waals surface area contributed by atoms with Crippen molar-refractivity contribution in [3.63, 3.8) is 0 Å². The van der Waals surface area contributed by atoms with Crippen LogP contribution in [0.2, 0.25) is 0 Å². The smallest absolute Gasteiger partial charge is 0.0159 e. The fraction of sp³-hybridized carbons (Fsp3) is 0.154. The first-order valence-electron chi connectivity index (χ1n) is 18.7. The number of hydrogen-bond acceptors (Lipinski definition) is 0. The zero-order valence-corrected chi connectivity index (χ0v) is 30.9. The van der Waals surface area contributed by atoms with Gasteiger partial charge in [0.25, 0.3) is 0 Å². The van der Waals surface area contributed by atoms with Crippen LogP contribution < -0.4 is 0 Å². The van der Waals surface area contributed by atoms with Crippen molar-refractivity contribution in [2.75, 3.05) is 0 Å². The molecule has 0 aromatic heterocycles. The predicted molar refractivity (Wildman–Crippen MR) is 222 cm³/mol. The van der Waals surface area contributed by atoms with Crippen molar-refractivity contribution in [1.29, 1.82) is 0 Å². The Balaban J connectivity index is 1.13. The summed E-state index contributed by atoms with van der Waals surface area (Å²) in [4.78, 5) is 0. The minimum Gasteiger partial charge on any atom is -0.0622 e. The zero-order chi connectivity index (χ0) is 35.5. The van der Waals surface area contributed by atoms with Gasteiger partial charge in [0, 0.05) is 10.8 Å². The molecule has 0 heterocycles. The van der Waals surface area contributed by atoms with Crippen LogP contribution in [0, 0.1) is 13.8 Å². The van der Waals surface area contributed by atoms with Crippen molar-refractivity contribution >= 4 is 21.5 Å². The van der Waals surface area contributed by atoms with E-state index in [4.69, 9.17) is 0 Å². The molecule has 52 heavy (non-hydrogen) atoms. The minimum atomic E-state index is -0.148. The van der Waals surface area contributed by atoms with Crippen LogP contribution in [0.3, 0.4) is 0 Å². The van der Waals surface area contributed by atoms with E-state index in [2.05, 4.69) is 187 Å². The quantitative estimate of drug-likeness (QED) is 0.165. The van der Waals surface area contributed by atoms with Crippen LogP contribution in [0.5, 0.6) is 0 Å². The maximum atomic E-state index is 2.51. The molecule has 8 aromatic rings. The Hall–Kier alpha value is -5.72. The maximum Gasteiger partial charge on any atom is 0.0159 e. The monoisotopic (exact) mass is 666 g/mol. The van der Waals surface area contributed by atoms with Crippen LogP contribution in [0.15, 0.2) is 146 Å². The first-order valence-corrected chi connectivity index (χ1v) is 18.7. The average molecular weight is 667 g/mol. The SMILES string of the molecule is Cc1cccc2c(-c3ccc4c(c3)C(C)(C)c3cc(-c5ccc6c(c5)C(C)(C)c5ccccc5-6)ccc3-4)c3cccc(C)c3c(-c3ccccc3)c12. The molecule has 0 N–H and O–H groups in total. The summed E-state index contributed by atoms with van der Waals surface area (Å²) in [6.45, 7) is 14.1. The minimum absolute atomic E-state index is 0.0186. The van der Waals surface area contributed by atoms with Crippen molar-refractivity contribution in [1.82, 2.24) is 0 Å². The third-order valence-electron chi connectivity index (χ3n) is 12.5. The molecule has 0 bridgehead atoms. The summed E-state index contributed by atoms with van der Waals surface area (Å²) in [6, 6.07) is 55.1. The zero-order valence-electron chi connectivity index (χ0n) is 30.9. The second-order valence-electron chi connectivity index (χ2n) is 16.2. The first-order chi connectivity index (χ1) is 25.1. The molecule has 0 fully saturated rings. The highest BCUT2D eigenvalue weighted by Crippen LogP contribution is 2.54. The van der Waals surface area contributed by atoms with Gasteiger partial charge in [-0.3, -0.25) is 0 Å². The number of benzene rings is 8. The van der Waals surface area contributed by atoms with Crippen molar-refractivity contribution in [2.24, 2.45) is 0 Å². The Kier molecular flexibility index (Phi) is 6.50. The summed E-state index contributed by atoms with van der Waals surface area (Å²) in [5, 5.41) is 5.32. The van der Waals surface area contributed by atoms with E-state index in [-0.39, 0.29) is 10.8 Å². The predicted octanol–water partition coefficient (Wildman–Crippen LogP) is 14.2. The first kappa shape index (κ1) is 31.1. The summed E-state index contributed by atoms with van der Waals surface area (Å²) in [5.41, 5.74) is 21.3. The maximum absolute atomic E-state index is 2.51. The molecule has 0 saturated carbocycles. The standard InChI is InChI=1S/C52H42/c1-31-14-12-19-41-47(31)50(33-16-8-7-9-17-33)48-32(2)15-13-20-42(48)49(41)36-24-27-40-39-26-23-35(29-45(39)52(5,6)46(40)30-36)34-22-25-38-37-18-10-11-21-43(37)51(3,4)44(38)28-34/h7-30H,1-6H3. The Bertz CT molecular complexity index is 2730. The fourth-order valence-corrected chi connectivity index (χ4v) is 9.85. The third kappa shape index (κ3) is 4.21. The molecule has 0 unspecified atom stereocenters. The molecule has 250 valence electrons. The van der Waals surface area contributed by atoms with E-state index in [9.17, 15) is 0 Å². The number of rotatable bonds is 3. The van der Waals surface area contributed by atoms with Gasteiger partial charge in [-0.25, -0.2) is 0 Å². The van der Waals surface area contributed by atoms with Gasteiger partial charge < -0.3 is 0 Å². The highest BCUT2D eigenvalue weighted by atomic mass is 14.4. The molecule has 2 aliphatic rings. The Labute approximate surface area is 307 Å². The lowest BCUT2D eigenvalue weighted by atomic mass is 9.79. The average Bonchev–Trinajstić information content (AvgIpc) is 3.53. The van der Waals surface area contributed by atoms with Crippen molar-refractivity contribution in [3.8, 4) is 55.6 Å². The van der Waals surface area contributed by atoms with Crippen molar-refractivity contribution in [3.05, 3.63) is 179 Å². The van der Waals surface area contributed by atoms with E-state index in [0.717, 1.165) is 0 Å². The van der Waals surface area contributed by atoms with Crippen LogP contribution in [0.25, 0.3) is 77.2 Å². The molecule has 0 heteroatoms. The van der Waals surface area contributed by atoms with E-state index < -0.39 is 0 Å². The topological polar surface area (TPSA) is 0 Å². The third-order valence-corrected chi connectivity index (χ3v) is 12.5. The summed E-state index contributed by atoms with van der Waals surface area (Å²) in [5.74, 6) is 0. The van der Waals surface area contributed by atoms with Gasteiger partial charge >= 0.3 is 0 Å². The van der Waals surface area contributed by atoms with Gasteiger partial charge in [0.2, 0.25) is 0 Å².